The molecule has 8 nitrogen and oxygen atoms in total. The molecule has 3 rings (SSSR count). The molecule has 25 heavy (non-hydrogen) atoms. The van der Waals surface area contributed by atoms with Gasteiger partial charge in [0.15, 0.2) is 0 Å². The summed E-state index contributed by atoms with van der Waals surface area (Å²) < 4.78 is 5.52. The second-order valence-corrected chi connectivity index (χ2v) is 5.98. The largest absolute Gasteiger partial charge is 0.478 e. The number of thioether (sulfide) groups is 1. The topological polar surface area (TPSA) is 134 Å². The molecule has 1 aliphatic heterocycles. The number of rotatable bonds is 4. The summed E-state index contributed by atoms with van der Waals surface area (Å²) in [5.74, 6) is -2.58. The lowest BCUT2D eigenvalue weighted by Gasteiger charge is -2.03. The molecule has 2 aromatic rings. The quantitative estimate of drug-likeness (QED) is 0.709. The zero-order valence-electron chi connectivity index (χ0n) is 12.3. The number of nitrogens with one attached hydrogen (secondary N) is 1. The van der Waals surface area contributed by atoms with Crippen molar-refractivity contribution in [1.82, 2.24) is 5.32 Å². The first-order chi connectivity index (χ1) is 11.8. The molecule has 1 aromatic heterocycles. The summed E-state index contributed by atoms with van der Waals surface area (Å²) in [7, 11) is 0. The predicted molar refractivity (Wildman–Crippen MR) is 87.2 cm³/mol. The number of carbonyl (C=O) groups is 4. The summed E-state index contributed by atoms with van der Waals surface area (Å²) >= 11 is 0.732. The molecule has 0 atom stereocenters. The van der Waals surface area contributed by atoms with Gasteiger partial charge in [0.25, 0.3) is 11.1 Å². The minimum atomic E-state index is -1.27. The number of hydrogen-bond donors (Lipinski definition) is 3. The van der Waals surface area contributed by atoms with Crippen LogP contribution in [0.1, 0.15) is 26.5 Å². The third-order valence-corrected chi connectivity index (χ3v) is 4.06. The molecular weight excluding hydrogens is 350 g/mol. The Balaban J connectivity index is 1.98. The molecule has 1 aromatic carbocycles. The maximum atomic E-state index is 11.5. The molecule has 9 heteroatoms. The van der Waals surface area contributed by atoms with Crippen molar-refractivity contribution in [3.05, 3.63) is 52.1 Å². The van der Waals surface area contributed by atoms with Crippen LogP contribution in [0.5, 0.6) is 0 Å². The fourth-order valence-electron chi connectivity index (χ4n) is 2.15. The molecule has 0 bridgehead atoms. The number of furan rings is 1. The number of hydrogen-bond acceptors (Lipinski definition) is 6. The number of benzene rings is 1. The van der Waals surface area contributed by atoms with E-state index >= 15 is 0 Å². The molecule has 0 spiro atoms. The first-order valence-electron chi connectivity index (χ1n) is 6.80. The minimum absolute atomic E-state index is 0.163. The van der Waals surface area contributed by atoms with E-state index in [1.807, 2.05) is 0 Å². The minimum Gasteiger partial charge on any atom is -0.478 e. The fourth-order valence-corrected chi connectivity index (χ4v) is 2.81. The zero-order valence-corrected chi connectivity index (χ0v) is 13.1. The number of carboxylic acid groups (broad SMARTS) is 2. The Kier molecular flexibility index (Phi) is 4.15. The Morgan fingerprint density at radius 1 is 1.04 bits per heavy atom. The zero-order chi connectivity index (χ0) is 18.1. The number of imide groups is 1. The smallest absolute Gasteiger partial charge is 0.335 e. The van der Waals surface area contributed by atoms with Crippen LogP contribution in [-0.2, 0) is 4.79 Å². The van der Waals surface area contributed by atoms with E-state index in [4.69, 9.17) is 14.6 Å². The van der Waals surface area contributed by atoms with Crippen LogP contribution in [0.3, 0.4) is 0 Å². The molecule has 1 fully saturated rings. The van der Waals surface area contributed by atoms with Crippen LogP contribution in [0.2, 0.25) is 0 Å². The molecular formula is C16H9NO7S. The van der Waals surface area contributed by atoms with Gasteiger partial charge in [-0.3, -0.25) is 14.9 Å². The Bertz CT molecular complexity index is 925. The molecule has 1 saturated heterocycles. The van der Waals surface area contributed by atoms with Gasteiger partial charge in [-0.15, -0.1) is 0 Å². The Hall–Kier alpha value is -3.33. The monoisotopic (exact) mass is 359 g/mol. The second-order valence-electron chi connectivity index (χ2n) is 4.96. The normalized spacial score (nSPS) is 15.4. The molecule has 0 saturated carbocycles. The van der Waals surface area contributed by atoms with Crippen LogP contribution in [-0.4, -0.2) is 33.3 Å². The summed E-state index contributed by atoms with van der Waals surface area (Å²) in [6.07, 6.45) is 1.37. The van der Waals surface area contributed by atoms with Crippen LogP contribution in [0.15, 0.2) is 39.7 Å². The standard InChI is InChI=1S/C16H9NO7S/c18-13-12(25-16(23)17-13)6-10-1-2-11(24-10)7-3-8(14(19)20)5-9(4-7)15(21)22/h1-6H,(H,19,20)(H,21,22)(H,17,18,23)/b12-6-. The summed E-state index contributed by atoms with van der Waals surface area (Å²) in [6.45, 7) is 0. The molecule has 0 unspecified atom stereocenters. The number of carbonyl (C=O) groups excluding carboxylic acids is 2. The van der Waals surface area contributed by atoms with Gasteiger partial charge in [0.05, 0.1) is 16.0 Å². The van der Waals surface area contributed by atoms with Crippen LogP contribution < -0.4 is 5.32 Å². The Morgan fingerprint density at radius 2 is 1.68 bits per heavy atom. The molecule has 0 aliphatic carbocycles. The van der Waals surface area contributed by atoms with Crippen LogP contribution in [0.25, 0.3) is 17.4 Å². The number of carboxylic acids is 2. The number of aromatic carboxylic acids is 2. The first kappa shape index (κ1) is 16.5. The molecule has 2 amide bonds. The predicted octanol–water partition coefficient (Wildman–Crippen LogP) is 2.67. The van der Waals surface area contributed by atoms with Gasteiger partial charge < -0.3 is 14.6 Å². The average molecular weight is 359 g/mol. The summed E-state index contributed by atoms with van der Waals surface area (Å²) in [6, 6.07) is 6.65. The highest BCUT2D eigenvalue weighted by Gasteiger charge is 2.25. The molecule has 126 valence electrons. The molecule has 0 radical (unpaired) electrons. The first-order valence-corrected chi connectivity index (χ1v) is 7.62. The molecule has 3 N–H and O–H groups in total. The van der Waals surface area contributed by atoms with Gasteiger partial charge in [0.1, 0.15) is 11.5 Å². The SMILES string of the molecule is O=C1NC(=O)/C(=C/c2ccc(-c3cc(C(=O)O)cc(C(=O)O)c3)o2)S1. The third kappa shape index (κ3) is 3.45. The molecule has 2 heterocycles. The van der Waals surface area contributed by atoms with Gasteiger partial charge in [-0.2, -0.15) is 0 Å². The fraction of sp³-hybridized carbons (Fsp3) is 0. The lowest BCUT2D eigenvalue weighted by atomic mass is 10.0. The van der Waals surface area contributed by atoms with E-state index < -0.39 is 23.1 Å². The van der Waals surface area contributed by atoms with Gasteiger partial charge in [-0.25, -0.2) is 9.59 Å². The van der Waals surface area contributed by atoms with E-state index in [0.717, 1.165) is 17.8 Å². The highest BCUT2D eigenvalue weighted by molar-refractivity contribution is 8.18. The third-order valence-electron chi connectivity index (χ3n) is 3.25. The summed E-state index contributed by atoms with van der Waals surface area (Å²) in [5.41, 5.74) is -0.119. The van der Waals surface area contributed by atoms with Crippen molar-refractivity contribution in [3.8, 4) is 11.3 Å². The van der Waals surface area contributed by atoms with Crippen molar-refractivity contribution in [2.24, 2.45) is 0 Å². The van der Waals surface area contributed by atoms with Gasteiger partial charge in [-0.05, 0) is 42.1 Å². The van der Waals surface area contributed by atoms with Crippen molar-refractivity contribution in [2.45, 2.75) is 0 Å². The van der Waals surface area contributed by atoms with E-state index in [1.165, 1.54) is 30.3 Å². The maximum absolute atomic E-state index is 11.5. The highest BCUT2D eigenvalue weighted by atomic mass is 32.2. The highest BCUT2D eigenvalue weighted by Crippen LogP contribution is 2.29. The van der Waals surface area contributed by atoms with E-state index in [9.17, 15) is 19.2 Å². The van der Waals surface area contributed by atoms with Crippen LogP contribution in [0.4, 0.5) is 4.79 Å². The van der Waals surface area contributed by atoms with Crippen molar-refractivity contribution < 1.29 is 33.8 Å². The Morgan fingerprint density at radius 3 is 2.20 bits per heavy atom. The van der Waals surface area contributed by atoms with Crippen LogP contribution >= 0.6 is 11.8 Å². The van der Waals surface area contributed by atoms with E-state index in [-0.39, 0.29) is 33.1 Å². The van der Waals surface area contributed by atoms with Gasteiger partial charge in [0, 0.05) is 11.6 Å². The van der Waals surface area contributed by atoms with E-state index in [1.54, 1.807) is 0 Å². The van der Waals surface area contributed by atoms with E-state index in [0.29, 0.717) is 0 Å². The van der Waals surface area contributed by atoms with E-state index in [2.05, 4.69) is 5.32 Å². The Labute approximate surface area is 144 Å². The van der Waals surface area contributed by atoms with Gasteiger partial charge in [0.2, 0.25) is 0 Å². The van der Waals surface area contributed by atoms with Crippen LogP contribution in [0, 0.1) is 0 Å². The summed E-state index contributed by atoms with van der Waals surface area (Å²) in [5, 5.41) is 19.8. The molecule has 1 aliphatic rings. The van der Waals surface area contributed by atoms with Gasteiger partial charge >= 0.3 is 11.9 Å². The van der Waals surface area contributed by atoms with Crippen molar-refractivity contribution in [2.75, 3.05) is 0 Å². The summed E-state index contributed by atoms with van der Waals surface area (Å²) in [4.78, 5) is 45.1. The van der Waals surface area contributed by atoms with Crippen molar-refractivity contribution in [1.29, 1.82) is 0 Å². The second kappa shape index (κ2) is 6.29. The average Bonchev–Trinajstić information content (AvgIpc) is 3.14. The lowest BCUT2D eigenvalue weighted by molar-refractivity contribution is -0.115. The number of amides is 2. The van der Waals surface area contributed by atoms with Crippen molar-refractivity contribution >= 4 is 40.9 Å². The lowest BCUT2D eigenvalue weighted by Crippen LogP contribution is -2.17. The van der Waals surface area contributed by atoms with Gasteiger partial charge in [-0.1, -0.05) is 0 Å². The van der Waals surface area contributed by atoms with Crippen molar-refractivity contribution in [3.63, 3.8) is 0 Å². The maximum Gasteiger partial charge on any atom is 0.335 e.